The van der Waals surface area contributed by atoms with Gasteiger partial charge in [-0.15, -0.1) is 0 Å². The Labute approximate surface area is 123 Å². The fourth-order valence-electron chi connectivity index (χ4n) is 1.60. The number of benzene rings is 2. The van der Waals surface area contributed by atoms with Crippen molar-refractivity contribution in [2.75, 3.05) is 0 Å². The average Bonchev–Trinajstić information content (AvgIpc) is 2.49. The number of azide groups is 1. The molecule has 0 aromatic heterocycles. The van der Waals surface area contributed by atoms with E-state index in [4.69, 9.17) is 10.8 Å². The van der Waals surface area contributed by atoms with Crippen LogP contribution in [0.3, 0.4) is 0 Å². The lowest BCUT2D eigenvalue weighted by Gasteiger charge is -2.06. The molecule has 0 bridgehead atoms. The zero-order chi connectivity index (χ0) is 15.2. The van der Waals surface area contributed by atoms with Crippen molar-refractivity contribution in [1.82, 2.24) is 0 Å². The van der Waals surface area contributed by atoms with Crippen LogP contribution in [-0.2, 0) is 0 Å². The quantitative estimate of drug-likeness (QED) is 0.270. The molecule has 21 heavy (non-hydrogen) atoms. The van der Waals surface area contributed by atoms with Crippen LogP contribution in [0.4, 0.5) is 11.4 Å². The van der Waals surface area contributed by atoms with Gasteiger partial charge in [0.1, 0.15) is 6.07 Å². The summed E-state index contributed by atoms with van der Waals surface area (Å²) < 4.78 is 0. The summed E-state index contributed by atoms with van der Waals surface area (Å²) in [5.74, 6) is 0. The third kappa shape index (κ3) is 3.30. The van der Waals surface area contributed by atoms with Crippen LogP contribution in [0.15, 0.2) is 57.4 Å². The van der Waals surface area contributed by atoms with E-state index in [2.05, 4.69) is 10.0 Å². The maximum Gasteiger partial charge on any atom is 0.270 e. The van der Waals surface area contributed by atoms with E-state index in [9.17, 15) is 10.1 Å². The topological polar surface area (TPSA) is 116 Å². The van der Waals surface area contributed by atoms with Crippen LogP contribution in [0.25, 0.3) is 10.4 Å². The van der Waals surface area contributed by atoms with Gasteiger partial charge < -0.3 is 0 Å². The molecule has 0 fully saturated rings. The Morgan fingerprint density at radius 1 is 1.29 bits per heavy atom. The van der Waals surface area contributed by atoms with Gasteiger partial charge in [-0.05, 0) is 17.7 Å². The number of nitro groups is 1. The van der Waals surface area contributed by atoms with Gasteiger partial charge in [-0.2, -0.15) is 5.26 Å². The van der Waals surface area contributed by atoms with Gasteiger partial charge >= 0.3 is 0 Å². The van der Waals surface area contributed by atoms with Gasteiger partial charge in [0.25, 0.3) is 5.69 Å². The van der Waals surface area contributed by atoms with E-state index in [1.165, 1.54) is 30.0 Å². The van der Waals surface area contributed by atoms with E-state index in [0.717, 1.165) is 0 Å². The van der Waals surface area contributed by atoms with E-state index < -0.39 is 4.92 Å². The van der Waals surface area contributed by atoms with Crippen molar-refractivity contribution in [3.63, 3.8) is 0 Å². The van der Waals surface area contributed by atoms with Gasteiger partial charge in [-0.1, -0.05) is 35.1 Å². The van der Waals surface area contributed by atoms with Crippen molar-refractivity contribution in [3.05, 3.63) is 68.6 Å². The van der Waals surface area contributed by atoms with Crippen LogP contribution in [0.5, 0.6) is 0 Å². The molecule has 0 heterocycles. The second-order valence-electron chi connectivity index (χ2n) is 3.81. The summed E-state index contributed by atoms with van der Waals surface area (Å²) in [6.45, 7) is 0. The second kappa shape index (κ2) is 6.43. The maximum atomic E-state index is 10.7. The lowest BCUT2D eigenvalue weighted by molar-refractivity contribution is -0.384. The molecule has 0 atom stereocenters. The average molecular weight is 297 g/mol. The molecule has 0 N–H and O–H groups in total. The molecule has 0 aliphatic heterocycles. The summed E-state index contributed by atoms with van der Waals surface area (Å²) in [6.07, 6.45) is 0. The number of rotatable bonds is 4. The first-order valence-electron chi connectivity index (χ1n) is 5.66. The fourth-order valence-corrected chi connectivity index (χ4v) is 2.55. The molecule has 0 unspecified atom stereocenters. The summed E-state index contributed by atoms with van der Waals surface area (Å²) in [4.78, 5) is 14.1. The van der Waals surface area contributed by atoms with Gasteiger partial charge in [0, 0.05) is 26.8 Å². The number of non-ortho nitro benzene ring substituents is 1. The molecule has 102 valence electrons. The number of nitriles is 1. The Bertz CT molecular complexity index is 793. The second-order valence-corrected chi connectivity index (χ2v) is 4.89. The summed E-state index contributed by atoms with van der Waals surface area (Å²) >= 11 is 1.22. The van der Waals surface area contributed by atoms with Gasteiger partial charge in [0.05, 0.1) is 16.2 Å². The molecule has 0 saturated heterocycles. The minimum atomic E-state index is -0.552. The van der Waals surface area contributed by atoms with Gasteiger partial charge in [0.15, 0.2) is 0 Å². The van der Waals surface area contributed by atoms with Crippen LogP contribution in [0.2, 0.25) is 0 Å². The number of hydrogen-bond donors (Lipinski definition) is 0. The van der Waals surface area contributed by atoms with Gasteiger partial charge in [-0.25, -0.2) is 0 Å². The van der Waals surface area contributed by atoms with Crippen LogP contribution in [0, 0.1) is 21.4 Å². The Morgan fingerprint density at radius 3 is 2.71 bits per heavy atom. The molecule has 0 spiro atoms. The molecule has 0 radical (unpaired) electrons. The SMILES string of the molecule is N#Cc1cc([N+](=O)[O-])ccc1Sc1ccccc1N=[N+]=[N-]. The molecule has 0 aliphatic carbocycles. The summed E-state index contributed by atoms with van der Waals surface area (Å²) in [5, 5.41) is 23.4. The molecule has 2 aromatic rings. The molecular formula is C13H7N5O2S. The van der Waals surface area contributed by atoms with Gasteiger partial charge in [0.2, 0.25) is 0 Å². The Balaban J connectivity index is 2.43. The summed E-state index contributed by atoms with van der Waals surface area (Å²) in [5.41, 5.74) is 9.03. The Morgan fingerprint density at radius 2 is 2.05 bits per heavy atom. The highest BCUT2D eigenvalue weighted by molar-refractivity contribution is 7.99. The molecule has 2 aromatic carbocycles. The summed E-state index contributed by atoms with van der Waals surface area (Å²) in [6, 6.07) is 12.9. The summed E-state index contributed by atoms with van der Waals surface area (Å²) in [7, 11) is 0. The monoisotopic (exact) mass is 297 g/mol. The predicted molar refractivity (Wildman–Crippen MR) is 77.2 cm³/mol. The van der Waals surface area contributed by atoms with E-state index in [1.54, 1.807) is 24.3 Å². The van der Waals surface area contributed by atoms with Crippen molar-refractivity contribution in [2.24, 2.45) is 5.11 Å². The van der Waals surface area contributed by atoms with Crippen LogP contribution in [-0.4, -0.2) is 4.92 Å². The van der Waals surface area contributed by atoms with Crippen LogP contribution in [0.1, 0.15) is 5.56 Å². The molecule has 0 aliphatic rings. The van der Waals surface area contributed by atoms with Gasteiger partial charge in [-0.3, -0.25) is 10.1 Å². The van der Waals surface area contributed by atoms with Crippen LogP contribution < -0.4 is 0 Å². The molecule has 8 heteroatoms. The first kappa shape index (κ1) is 14.4. The van der Waals surface area contributed by atoms with Crippen LogP contribution >= 0.6 is 11.8 Å². The minimum Gasteiger partial charge on any atom is -0.258 e. The lowest BCUT2D eigenvalue weighted by atomic mass is 10.2. The number of nitro benzene ring substituents is 1. The molecular weight excluding hydrogens is 290 g/mol. The number of hydrogen-bond acceptors (Lipinski definition) is 5. The molecule has 0 saturated carbocycles. The van der Waals surface area contributed by atoms with Crippen molar-refractivity contribution in [1.29, 1.82) is 5.26 Å². The first-order chi connectivity index (χ1) is 10.2. The van der Waals surface area contributed by atoms with E-state index in [1.807, 2.05) is 6.07 Å². The Hall–Kier alpha value is -3.01. The molecule has 7 nitrogen and oxygen atoms in total. The van der Waals surface area contributed by atoms with E-state index in [-0.39, 0.29) is 11.3 Å². The third-order valence-electron chi connectivity index (χ3n) is 2.53. The maximum absolute atomic E-state index is 10.7. The lowest BCUT2D eigenvalue weighted by Crippen LogP contribution is -1.90. The highest BCUT2D eigenvalue weighted by Gasteiger charge is 2.12. The highest BCUT2D eigenvalue weighted by Crippen LogP contribution is 2.37. The standard InChI is InChI=1S/C13H7N5O2S/c14-8-9-7-10(18(19)20)5-6-12(9)21-13-4-2-1-3-11(13)16-17-15/h1-7H. The highest BCUT2D eigenvalue weighted by atomic mass is 32.2. The molecule has 0 amide bonds. The van der Waals surface area contributed by atoms with E-state index in [0.29, 0.717) is 15.5 Å². The number of nitrogens with zero attached hydrogens (tertiary/aromatic N) is 5. The fraction of sp³-hybridized carbons (Fsp3) is 0. The molecule has 2 rings (SSSR count). The van der Waals surface area contributed by atoms with Crippen molar-refractivity contribution in [3.8, 4) is 6.07 Å². The Kier molecular flexibility index (Phi) is 4.41. The largest absolute Gasteiger partial charge is 0.270 e. The van der Waals surface area contributed by atoms with E-state index >= 15 is 0 Å². The third-order valence-corrected chi connectivity index (χ3v) is 3.67. The first-order valence-corrected chi connectivity index (χ1v) is 6.48. The van der Waals surface area contributed by atoms with Crippen molar-refractivity contribution >= 4 is 23.1 Å². The zero-order valence-corrected chi connectivity index (χ0v) is 11.3. The predicted octanol–water partition coefficient (Wildman–Crippen LogP) is 4.56. The normalized spacial score (nSPS) is 9.48. The van der Waals surface area contributed by atoms with Crippen molar-refractivity contribution in [2.45, 2.75) is 9.79 Å². The minimum absolute atomic E-state index is 0.140. The van der Waals surface area contributed by atoms with Crippen molar-refractivity contribution < 1.29 is 4.92 Å². The smallest absolute Gasteiger partial charge is 0.258 e. The zero-order valence-electron chi connectivity index (χ0n) is 10.5.